The number of amides is 1. The van der Waals surface area contributed by atoms with Gasteiger partial charge in [0, 0.05) is 26.2 Å². The van der Waals surface area contributed by atoms with Crippen molar-refractivity contribution in [1.82, 2.24) is 15.5 Å². The van der Waals surface area contributed by atoms with Gasteiger partial charge < -0.3 is 20.3 Å². The Balaban J connectivity index is 3.55. The zero-order valence-electron chi connectivity index (χ0n) is 12.3. The highest BCUT2D eigenvalue weighted by molar-refractivity contribution is 5.78. The van der Waals surface area contributed by atoms with Crippen LogP contribution in [-0.4, -0.2) is 63.3 Å². The van der Waals surface area contributed by atoms with Crippen molar-refractivity contribution in [2.45, 2.75) is 33.2 Å². The first-order valence-corrected chi connectivity index (χ1v) is 6.85. The largest absolute Gasteiger partial charge is 0.383 e. The SMILES string of the molecule is CCCN(CC)CCNCC(=O)NC(C)COC. The molecule has 0 saturated carbocycles. The monoisotopic (exact) mass is 259 g/mol. The molecular weight excluding hydrogens is 230 g/mol. The molecule has 0 fully saturated rings. The fourth-order valence-corrected chi connectivity index (χ4v) is 1.80. The Morgan fingerprint density at radius 3 is 2.61 bits per heavy atom. The van der Waals surface area contributed by atoms with Crippen LogP contribution in [0.15, 0.2) is 0 Å². The smallest absolute Gasteiger partial charge is 0.234 e. The van der Waals surface area contributed by atoms with E-state index in [9.17, 15) is 4.79 Å². The molecule has 0 aliphatic rings. The van der Waals surface area contributed by atoms with E-state index < -0.39 is 0 Å². The summed E-state index contributed by atoms with van der Waals surface area (Å²) in [7, 11) is 1.63. The summed E-state index contributed by atoms with van der Waals surface area (Å²) in [5, 5.41) is 6.03. The average Bonchev–Trinajstić information content (AvgIpc) is 2.33. The molecule has 1 atom stereocenters. The number of carbonyl (C=O) groups is 1. The minimum Gasteiger partial charge on any atom is -0.383 e. The topological polar surface area (TPSA) is 53.6 Å². The number of hydrogen-bond acceptors (Lipinski definition) is 4. The first kappa shape index (κ1) is 17.4. The molecule has 0 aromatic carbocycles. The molecule has 108 valence electrons. The molecule has 1 amide bonds. The van der Waals surface area contributed by atoms with Gasteiger partial charge in [0.2, 0.25) is 5.91 Å². The molecule has 5 heteroatoms. The second kappa shape index (κ2) is 11.4. The van der Waals surface area contributed by atoms with E-state index in [0.29, 0.717) is 13.2 Å². The van der Waals surface area contributed by atoms with E-state index in [0.717, 1.165) is 26.2 Å². The lowest BCUT2D eigenvalue weighted by Gasteiger charge is -2.19. The summed E-state index contributed by atoms with van der Waals surface area (Å²) < 4.78 is 4.96. The van der Waals surface area contributed by atoms with Gasteiger partial charge in [0.15, 0.2) is 0 Å². The van der Waals surface area contributed by atoms with Crippen molar-refractivity contribution >= 4 is 5.91 Å². The fourth-order valence-electron chi connectivity index (χ4n) is 1.80. The van der Waals surface area contributed by atoms with Crippen molar-refractivity contribution in [3.05, 3.63) is 0 Å². The second-order valence-corrected chi connectivity index (χ2v) is 4.53. The molecule has 0 bridgehead atoms. The predicted octanol–water partition coefficient (Wildman–Crippen LogP) is 0.459. The number of nitrogens with one attached hydrogen (secondary N) is 2. The lowest BCUT2D eigenvalue weighted by atomic mass is 10.3. The molecule has 0 aromatic heterocycles. The highest BCUT2D eigenvalue weighted by Gasteiger charge is 2.06. The normalized spacial score (nSPS) is 12.7. The maximum absolute atomic E-state index is 11.5. The van der Waals surface area contributed by atoms with Crippen LogP contribution < -0.4 is 10.6 Å². The van der Waals surface area contributed by atoms with Crippen LogP contribution in [0.4, 0.5) is 0 Å². The number of hydrogen-bond donors (Lipinski definition) is 2. The molecule has 0 aliphatic carbocycles. The van der Waals surface area contributed by atoms with E-state index in [4.69, 9.17) is 4.74 Å². The van der Waals surface area contributed by atoms with Crippen LogP contribution in [0.1, 0.15) is 27.2 Å². The third kappa shape index (κ3) is 9.39. The van der Waals surface area contributed by atoms with Gasteiger partial charge in [-0.25, -0.2) is 0 Å². The molecule has 18 heavy (non-hydrogen) atoms. The van der Waals surface area contributed by atoms with Crippen LogP contribution >= 0.6 is 0 Å². The molecule has 0 saturated heterocycles. The molecule has 0 rings (SSSR count). The van der Waals surface area contributed by atoms with E-state index >= 15 is 0 Å². The Hall–Kier alpha value is -0.650. The maximum Gasteiger partial charge on any atom is 0.234 e. The zero-order valence-corrected chi connectivity index (χ0v) is 12.3. The Bertz CT molecular complexity index is 212. The van der Waals surface area contributed by atoms with Gasteiger partial charge in [0.25, 0.3) is 0 Å². The average molecular weight is 259 g/mol. The van der Waals surface area contributed by atoms with Crippen molar-refractivity contribution in [3.63, 3.8) is 0 Å². The lowest BCUT2D eigenvalue weighted by Crippen LogP contribution is -2.42. The van der Waals surface area contributed by atoms with Gasteiger partial charge in [-0.15, -0.1) is 0 Å². The van der Waals surface area contributed by atoms with Gasteiger partial charge >= 0.3 is 0 Å². The fraction of sp³-hybridized carbons (Fsp3) is 0.923. The number of likely N-dealkylation sites (N-methyl/N-ethyl adjacent to an activating group) is 1. The third-order valence-corrected chi connectivity index (χ3v) is 2.70. The lowest BCUT2D eigenvalue weighted by molar-refractivity contribution is -0.121. The maximum atomic E-state index is 11.5. The van der Waals surface area contributed by atoms with Crippen LogP contribution in [0.3, 0.4) is 0 Å². The van der Waals surface area contributed by atoms with Gasteiger partial charge in [-0.2, -0.15) is 0 Å². The quantitative estimate of drug-likeness (QED) is 0.529. The van der Waals surface area contributed by atoms with E-state index in [1.165, 1.54) is 6.42 Å². The van der Waals surface area contributed by atoms with Gasteiger partial charge in [-0.1, -0.05) is 13.8 Å². The Morgan fingerprint density at radius 2 is 2.06 bits per heavy atom. The van der Waals surface area contributed by atoms with Crippen molar-refractivity contribution in [2.75, 3.05) is 46.4 Å². The van der Waals surface area contributed by atoms with Gasteiger partial charge in [0.1, 0.15) is 0 Å². The summed E-state index contributed by atoms with van der Waals surface area (Å²) in [6.07, 6.45) is 1.17. The summed E-state index contributed by atoms with van der Waals surface area (Å²) in [5.74, 6) is 0.0260. The molecule has 1 unspecified atom stereocenters. The van der Waals surface area contributed by atoms with Crippen LogP contribution in [0.25, 0.3) is 0 Å². The highest BCUT2D eigenvalue weighted by atomic mass is 16.5. The number of rotatable bonds is 11. The zero-order chi connectivity index (χ0) is 13.8. The summed E-state index contributed by atoms with van der Waals surface area (Å²) in [4.78, 5) is 13.9. The standard InChI is InChI=1S/C13H29N3O2/c1-5-8-16(6-2)9-7-14-10-13(17)15-12(3)11-18-4/h12,14H,5-11H2,1-4H3,(H,15,17). The first-order chi connectivity index (χ1) is 8.63. The molecule has 0 radical (unpaired) electrons. The second-order valence-electron chi connectivity index (χ2n) is 4.53. The number of nitrogens with zero attached hydrogens (tertiary/aromatic N) is 1. The summed E-state index contributed by atoms with van der Waals surface area (Å²) in [5.41, 5.74) is 0. The highest BCUT2D eigenvalue weighted by Crippen LogP contribution is 1.88. The van der Waals surface area contributed by atoms with Gasteiger partial charge in [-0.05, 0) is 26.4 Å². The van der Waals surface area contributed by atoms with Crippen LogP contribution in [0.2, 0.25) is 0 Å². The van der Waals surface area contributed by atoms with E-state index in [1.54, 1.807) is 7.11 Å². The number of ether oxygens (including phenoxy) is 1. The van der Waals surface area contributed by atoms with Crippen molar-refractivity contribution < 1.29 is 9.53 Å². The molecule has 0 heterocycles. The van der Waals surface area contributed by atoms with Crippen molar-refractivity contribution in [3.8, 4) is 0 Å². The Morgan fingerprint density at radius 1 is 1.33 bits per heavy atom. The summed E-state index contributed by atoms with van der Waals surface area (Å²) in [6.45, 7) is 11.2. The minimum atomic E-state index is 0.0260. The summed E-state index contributed by atoms with van der Waals surface area (Å²) >= 11 is 0. The Kier molecular flexibility index (Phi) is 11.0. The number of carbonyl (C=O) groups excluding carboxylic acids is 1. The third-order valence-electron chi connectivity index (χ3n) is 2.70. The van der Waals surface area contributed by atoms with Gasteiger partial charge in [0.05, 0.1) is 13.2 Å². The summed E-state index contributed by atoms with van der Waals surface area (Å²) in [6, 6.07) is 0.0662. The molecule has 2 N–H and O–H groups in total. The van der Waals surface area contributed by atoms with Crippen molar-refractivity contribution in [1.29, 1.82) is 0 Å². The van der Waals surface area contributed by atoms with E-state index in [-0.39, 0.29) is 11.9 Å². The van der Waals surface area contributed by atoms with Crippen LogP contribution in [0.5, 0.6) is 0 Å². The van der Waals surface area contributed by atoms with Crippen LogP contribution in [-0.2, 0) is 9.53 Å². The van der Waals surface area contributed by atoms with E-state index in [1.807, 2.05) is 6.92 Å². The molecule has 0 aromatic rings. The molecule has 0 spiro atoms. The van der Waals surface area contributed by atoms with Crippen molar-refractivity contribution in [2.24, 2.45) is 0 Å². The molecule has 5 nitrogen and oxygen atoms in total. The predicted molar refractivity (Wildman–Crippen MR) is 74.8 cm³/mol. The Labute approximate surface area is 111 Å². The molecule has 0 aliphatic heterocycles. The van der Waals surface area contributed by atoms with Crippen LogP contribution in [0, 0.1) is 0 Å². The first-order valence-electron chi connectivity index (χ1n) is 6.85. The molecular formula is C13H29N3O2. The van der Waals surface area contributed by atoms with Gasteiger partial charge in [-0.3, -0.25) is 4.79 Å². The van der Waals surface area contributed by atoms with E-state index in [2.05, 4.69) is 29.4 Å². The number of methoxy groups -OCH3 is 1. The minimum absolute atomic E-state index is 0.0260.